The molecule has 5 heteroatoms. The fourth-order valence-corrected chi connectivity index (χ4v) is 3.47. The first-order valence-electron chi connectivity index (χ1n) is 6.62. The zero-order valence-electron chi connectivity index (χ0n) is 11.8. The van der Waals surface area contributed by atoms with E-state index in [4.69, 9.17) is 4.74 Å². The zero-order valence-corrected chi connectivity index (χ0v) is 15.0. The largest absolute Gasteiger partial charge is 0.492 e. The summed E-state index contributed by atoms with van der Waals surface area (Å²) in [4.78, 5) is 0. The van der Waals surface area contributed by atoms with Crippen LogP contribution in [0.5, 0.6) is 5.75 Å². The maximum absolute atomic E-state index is 13.2. The molecule has 0 saturated carbocycles. The Morgan fingerprint density at radius 2 is 1.81 bits per heavy atom. The van der Waals surface area contributed by atoms with Crippen molar-refractivity contribution in [1.29, 1.82) is 0 Å². The molecule has 0 aliphatic rings. The standard InChI is InChI=1S/C16H16Br2FNO/c1-3-21-16-13(17)7-11(8-14(16)18)9-20-12-4-5-15(19)10(2)6-12/h4-8,20H,3,9H2,1-2H3. The Balaban J connectivity index is 2.11. The maximum atomic E-state index is 13.2. The van der Waals surface area contributed by atoms with Crippen LogP contribution in [0, 0.1) is 12.7 Å². The highest BCUT2D eigenvalue weighted by atomic mass is 79.9. The number of anilines is 1. The van der Waals surface area contributed by atoms with E-state index in [0.29, 0.717) is 18.7 Å². The molecule has 0 amide bonds. The second kappa shape index (κ2) is 7.27. The van der Waals surface area contributed by atoms with Crippen molar-refractivity contribution in [3.63, 3.8) is 0 Å². The third kappa shape index (κ3) is 4.20. The van der Waals surface area contributed by atoms with E-state index in [0.717, 1.165) is 25.9 Å². The molecule has 0 heterocycles. The summed E-state index contributed by atoms with van der Waals surface area (Å²) in [5, 5.41) is 3.29. The lowest BCUT2D eigenvalue weighted by molar-refractivity contribution is 0.336. The lowest BCUT2D eigenvalue weighted by Crippen LogP contribution is -2.01. The Labute approximate surface area is 141 Å². The number of ether oxygens (including phenoxy) is 1. The first kappa shape index (κ1) is 16.3. The zero-order chi connectivity index (χ0) is 15.4. The van der Waals surface area contributed by atoms with Gasteiger partial charge in [0.1, 0.15) is 11.6 Å². The molecular formula is C16H16Br2FNO. The van der Waals surface area contributed by atoms with E-state index >= 15 is 0 Å². The van der Waals surface area contributed by atoms with Gasteiger partial charge in [-0.05, 0) is 87.2 Å². The Morgan fingerprint density at radius 1 is 1.14 bits per heavy atom. The van der Waals surface area contributed by atoms with E-state index in [1.54, 1.807) is 19.1 Å². The van der Waals surface area contributed by atoms with Crippen LogP contribution in [0.25, 0.3) is 0 Å². The van der Waals surface area contributed by atoms with Crippen molar-refractivity contribution in [2.24, 2.45) is 0 Å². The fraction of sp³-hybridized carbons (Fsp3) is 0.250. The number of benzene rings is 2. The number of hydrogen-bond donors (Lipinski definition) is 1. The molecule has 2 nitrogen and oxygen atoms in total. The highest BCUT2D eigenvalue weighted by Gasteiger charge is 2.08. The van der Waals surface area contributed by atoms with Gasteiger partial charge in [-0.1, -0.05) is 0 Å². The predicted octanol–water partition coefficient (Wildman–Crippen LogP) is 5.67. The summed E-state index contributed by atoms with van der Waals surface area (Å²) in [7, 11) is 0. The van der Waals surface area contributed by atoms with Crippen LogP contribution in [0.2, 0.25) is 0 Å². The van der Waals surface area contributed by atoms with Crippen molar-refractivity contribution in [2.45, 2.75) is 20.4 Å². The summed E-state index contributed by atoms with van der Waals surface area (Å²) in [5.41, 5.74) is 2.63. The number of aryl methyl sites for hydroxylation is 1. The molecule has 2 aromatic rings. The van der Waals surface area contributed by atoms with E-state index in [9.17, 15) is 4.39 Å². The predicted molar refractivity (Wildman–Crippen MR) is 91.5 cm³/mol. The van der Waals surface area contributed by atoms with Crippen LogP contribution >= 0.6 is 31.9 Å². The van der Waals surface area contributed by atoms with Crippen molar-refractivity contribution in [2.75, 3.05) is 11.9 Å². The van der Waals surface area contributed by atoms with E-state index in [2.05, 4.69) is 37.2 Å². The van der Waals surface area contributed by atoms with E-state index in [1.807, 2.05) is 19.1 Å². The molecule has 0 fully saturated rings. The molecule has 0 aliphatic heterocycles. The monoisotopic (exact) mass is 415 g/mol. The van der Waals surface area contributed by atoms with Crippen molar-refractivity contribution >= 4 is 37.5 Å². The molecule has 0 aliphatic carbocycles. The van der Waals surface area contributed by atoms with E-state index in [1.165, 1.54) is 6.07 Å². The average Bonchev–Trinajstić information content (AvgIpc) is 2.44. The second-order valence-electron chi connectivity index (χ2n) is 4.64. The summed E-state index contributed by atoms with van der Waals surface area (Å²) in [5.74, 6) is 0.617. The minimum absolute atomic E-state index is 0.188. The minimum atomic E-state index is -0.188. The molecule has 0 unspecified atom stereocenters. The first-order chi connectivity index (χ1) is 10.0. The van der Waals surface area contributed by atoms with Gasteiger partial charge in [0.15, 0.2) is 0 Å². The van der Waals surface area contributed by atoms with Crippen LogP contribution in [-0.4, -0.2) is 6.61 Å². The Morgan fingerprint density at radius 3 is 2.38 bits per heavy atom. The highest BCUT2D eigenvalue weighted by molar-refractivity contribution is 9.11. The van der Waals surface area contributed by atoms with Crippen LogP contribution in [0.4, 0.5) is 10.1 Å². The molecule has 112 valence electrons. The first-order valence-corrected chi connectivity index (χ1v) is 8.20. The average molecular weight is 417 g/mol. The van der Waals surface area contributed by atoms with E-state index in [-0.39, 0.29) is 5.82 Å². The van der Waals surface area contributed by atoms with E-state index < -0.39 is 0 Å². The Hall–Kier alpha value is -1.07. The number of hydrogen-bond acceptors (Lipinski definition) is 2. The number of nitrogens with one attached hydrogen (secondary N) is 1. The van der Waals surface area contributed by atoms with Crippen molar-refractivity contribution in [3.8, 4) is 5.75 Å². The third-order valence-electron chi connectivity index (χ3n) is 3.00. The number of halogens is 3. The second-order valence-corrected chi connectivity index (χ2v) is 6.35. The van der Waals surface area contributed by atoms with Crippen molar-refractivity contribution in [1.82, 2.24) is 0 Å². The van der Waals surface area contributed by atoms with Crippen LogP contribution in [0.15, 0.2) is 39.3 Å². The van der Waals surface area contributed by atoms with Gasteiger partial charge >= 0.3 is 0 Å². The molecule has 0 radical (unpaired) electrons. The van der Waals surface area contributed by atoms with Crippen LogP contribution in [-0.2, 0) is 6.54 Å². The molecule has 0 aromatic heterocycles. The molecule has 2 rings (SSSR count). The quantitative estimate of drug-likeness (QED) is 0.677. The van der Waals surface area contributed by atoms with Crippen molar-refractivity contribution < 1.29 is 9.13 Å². The Kier molecular flexibility index (Phi) is 5.65. The highest BCUT2D eigenvalue weighted by Crippen LogP contribution is 2.35. The van der Waals surface area contributed by atoms with Gasteiger partial charge < -0.3 is 10.1 Å². The molecule has 0 spiro atoms. The van der Waals surface area contributed by atoms with Crippen molar-refractivity contribution in [3.05, 3.63) is 56.2 Å². The SMILES string of the molecule is CCOc1c(Br)cc(CNc2ccc(F)c(C)c2)cc1Br. The lowest BCUT2D eigenvalue weighted by atomic mass is 10.2. The summed E-state index contributed by atoms with van der Waals surface area (Å²) in [6, 6.07) is 9.04. The van der Waals surface area contributed by atoms with Gasteiger partial charge in [0.2, 0.25) is 0 Å². The Bertz CT molecular complexity index is 623. The molecule has 2 aromatic carbocycles. The molecule has 0 saturated heterocycles. The molecule has 0 atom stereocenters. The summed E-state index contributed by atoms with van der Waals surface area (Å²) in [6.45, 7) is 4.97. The third-order valence-corrected chi connectivity index (χ3v) is 4.18. The van der Waals surface area contributed by atoms with Crippen LogP contribution in [0.3, 0.4) is 0 Å². The summed E-state index contributed by atoms with van der Waals surface area (Å²) >= 11 is 7.03. The topological polar surface area (TPSA) is 21.3 Å². The van der Waals surface area contributed by atoms with Gasteiger partial charge in [-0.3, -0.25) is 0 Å². The van der Waals surface area contributed by atoms with Gasteiger partial charge in [-0.15, -0.1) is 0 Å². The molecule has 0 bridgehead atoms. The molecule has 1 N–H and O–H groups in total. The summed E-state index contributed by atoms with van der Waals surface area (Å²) < 4.78 is 20.6. The normalized spacial score (nSPS) is 10.5. The molecule has 21 heavy (non-hydrogen) atoms. The minimum Gasteiger partial charge on any atom is -0.492 e. The van der Waals surface area contributed by atoms with Gasteiger partial charge in [-0.25, -0.2) is 4.39 Å². The fourth-order valence-electron chi connectivity index (χ4n) is 1.96. The van der Waals surface area contributed by atoms with Gasteiger partial charge in [0.05, 0.1) is 15.6 Å². The van der Waals surface area contributed by atoms with Crippen LogP contribution in [0.1, 0.15) is 18.1 Å². The lowest BCUT2D eigenvalue weighted by Gasteiger charge is -2.12. The summed E-state index contributed by atoms with van der Waals surface area (Å²) in [6.07, 6.45) is 0. The van der Waals surface area contributed by atoms with Crippen LogP contribution < -0.4 is 10.1 Å². The number of rotatable bonds is 5. The van der Waals surface area contributed by atoms with Gasteiger partial charge in [0.25, 0.3) is 0 Å². The maximum Gasteiger partial charge on any atom is 0.147 e. The molecular weight excluding hydrogens is 401 g/mol. The van der Waals surface area contributed by atoms with Gasteiger partial charge in [-0.2, -0.15) is 0 Å². The smallest absolute Gasteiger partial charge is 0.147 e. The van der Waals surface area contributed by atoms with Gasteiger partial charge in [0, 0.05) is 12.2 Å².